The number of rotatable bonds is 4. The molecule has 1 aromatic rings. The molecule has 88 valence electrons. The molecule has 0 spiro atoms. The number of nitrogens with one attached hydrogen (secondary N) is 2. The van der Waals surface area contributed by atoms with E-state index in [9.17, 15) is 9.18 Å². The Morgan fingerprint density at radius 2 is 2.31 bits per heavy atom. The first-order chi connectivity index (χ1) is 7.63. The van der Waals surface area contributed by atoms with Gasteiger partial charge in [-0.05, 0) is 18.2 Å². The molecule has 2 amide bonds. The van der Waals surface area contributed by atoms with Gasteiger partial charge in [0.15, 0.2) is 0 Å². The van der Waals surface area contributed by atoms with Crippen LogP contribution in [0.4, 0.5) is 14.9 Å². The normalized spacial score (nSPS) is 9.94. The van der Waals surface area contributed by atoms with Crippen molar-refractivity contribution in [3.63, 3.8) is 0 Å². The molecular formula is C10H12ClFN2O2. The molecule has 6 heteroatoms. The van der Waals surface area contributed by atoms with Crippen LogP contribution in [0, 0.1) is 5.82 Å². The monoisotopic (exact) mass is 246 g/mol. The highest BCUT2D eigenvalue weighted by Crippen LogP contribution is 2.18. The van der Waals surface area contributed by atoms with E-state index in [1.807, 2.05) is 0 Å². The third-order valence-corrected chi connectivity index (χ3v) is 2.06. The van der Waals surface area contributed by atoms with Gasteiger partial charge in [0.25, 0.3) is 0 Å². The minimum Gasteiger partial charge on any atom is -0.383 e. The molecule has 0 aliphatic heterocycles. The van der Waals surface area contributed by atoms with Crippen LogP contribution in [0.1, 0.15) is 0 Å². The van der Waals surface area contributed by atoms with Gasteiger partial charge in [-0.25, -0.2) is 9.18 Å². The fourth-order valence-corrected chi connectivity index (χ4v) is 1.20. The lowest BCUT2D eigenvalue weighted by Gasteiger charge is -2.07. The van der Waals surface area contributed by atoms with Gasteiger partial charge >= 0.3 is 6.03 Å². The van der Waals surface area contributed by atoms with Crippen LogP contribution < -0.4 is 10.6 Å². The maximum atomic E-state index is 12.8. The van der Waals surface area contributed by atoms with Gasteiger partial charge in [-0.15, -0.1) is 0 Å². The van der Waals surface area contributed by atoms with Crippen molar-refractivity contribution in [2.75, 3.05) is 25.6 Å². The highest BCUT2D eigenvalue weighted by molar-refractivity contribution is 6.31. The molecule has 2 N–H and O–H groups in total. The zero-order valence-electron chi connectivity index (χ0n) is 8.72. The van der Waals surface area contributed by atoms with Crippen LogP contribution in [0.5, 0.6) is 0 Å². The number of hydrogen-bond acceptors (Lipinski definition) is 2. The number of urea groups is 1. The Morgan fingerprint density at radius 3 is 2.94 bits per heavy atom. The van der Waals surface area contributed by atoms with Gasteiger partial charge in [-0.2, -0.15) is 0 Å². The van der Waals surface area contributed by atoms with E-state index < -0.39 is 5.82 Å². The maximum Gasteiger partial charge on any atom is 0.319 e. The van der Waals surface area contributed by atoms with Gasteiger partial charge in [-0.1, -0.05) is 11.6 Å². The molecule has 1 aromatic carbocycles. The van der Waals surface area contributed by atoms with Crippen LogP contribution in [0.2, 0.25) is 5.02 Å². The second-order valence-electron chi connectivity index (χ2n) is 3.00. The number of ether oxygens (including phenoxy) is 1. The summed E-state index contributed by atoms with van der Waals surface area (Å²) in [5, 5.41) is 5.03. The zero-order valence-corrected chi connectivity index (χ0v) is 9.47. The summed E-state index contributed by atoms with van der Waals surface area (Å²) in [4.78, 5) is 11.3. The van der Waals surface area contributed by atoms with Gasteiger partial charge in [-0.3, -0.25) is 0 Å². The van der Waals surface area contributed by atoms with Gasteiger partial charge in [0.1, 0.15) is 5.82 Å². The van der Waals surface area contributed by atoms with E-state index in [2.05, 4.69) is 10.6 Å². The Kier molecular flexibility index (Phi) is 5.01. The Bertz CT molecular complexity index is 374. The molecule has 0 aliphatic carbocycles. The van der Waals surface area contributed by atoms with Gasteiger partial charge in [0, 0.05) is 19.3 Å². The number of benzene rings is 1. The summed E-state index contributed by atoms with van der Waals surface area (Å²) in [5.41, 5.74) is 0.432. The van der Waals surface area contributed by atoms with Crippen molar-refractivity contribution in [3.8, 4) is 0 Å². The Morgan fingerprint density at radius 1 is 1.56 bits per heavy atom. The van der Waals surface area contributed by atoms with Crippen LogP contribution in [0.3, 0.4) is 0 Å². The van der Waals surface area contributed by atoms with Crippen LogP contribution in [-0.4, -0.2) is 26.3 Å². The van der Waals surface area contributed by atoms with Crippen molar-refractivity contribution in [3.05, 3.63) is 29.0 Å². The summed E-state index contributed by atoms with van der Waals surface area (Å²) in [6.45, 7) is 0.828. The second kappa shape index (κ2) is 6.30. The molecule has 0 radical (unpaired) electrons. The van der Waals surface area contributed by atoms with Crippen molar-refractivity contribution in [1.82, 2.24) is 5.32 Å². The average molecular weight is 247 g/mol. The number of methoxy groups -OCH3 is 1. The molecule has 0 atom stereocenters. The fraction of sp³-hybridized carbons (Fsp3) is 0.300. The molecule has 16 heavy (non-hydrogen) atoms. The topological polar surface area (TPSA) is 50.4 Å². The molecule has 0 fully saturated rings. The highest BCUT2D eigenvalue weighted by Gasteiger charge is 2.04. The molecule has 0 unspecified atom stereocenters. The first-order valence-electron chi connectivity index (χ1n) is 4.62. The van der Waals surface area contributed by atoms with Gasteiger partial charge in [0.2, 0.25) is 0 Å². The number of carbonyl (C=O) groups is 1. The van der Waals surface area contributed by atoms with Gasteiger partial charge < -0.3 is 15.4 Å². The van der Waals surface area contributed by atoms with E-state index in [1.165, 1.54) is 18.2 Å². The maximum absolute atomic E-state index is 12.8. The van der Waals surface area contributed by atoms with E-state index >= 15 is 0 Å². The first kappa shape index (κ1) is 12.7. The predicted octanol–water partition coefficient (Wildman–Crippen LogP) is 2.25. The highest BCUT2D eigenvalue weighted by atomic mass is 35.5. The average Bonchev–Trinajstić information content (AvgIpc) is 2.24. The van der Waals surface area contributed by atoms with E-state index in [-0.39, 0.29) is 11.1 Å². The molecule has 0 heterocycles. The lowest BCUT2D eigenvalue weighted by molar-refractivity contribution is 0.198. The van der Waals surface area contributed by atoms with Crippen LogP contribution in [0.25, 0.3) is 0 Å². The van der Waals surface area contributed by atoms with E-state index in [4.69, 9.17) is 16.3 Å². The van der Waals surface area contributed by atoms with Crippen molar-refractivity contribution in [1.29, 1.82) is 0 Å². The van der Waals surface area contributed by atoms with Crippen molar-refractivity contribution >= 4 is 23.3 Å². The van der Waals surface area contributed by atoms with Crippen LogP contribution in [-0.2, 0) is 4.74 Å². The van der Waals surface area contributed by atoms with Crippen LogP contribution >= 0.6 is 11.6 Å². The van der Waals surface area contributed by atoms with E-state index in [0.717, 1.165) is 0 Å². The third kappa shape index (κ3) is 4.04. The molecule has 0 aromatic heterocycles. The molecule has 1 rings (SSSR count). The lowest BCUT2D eigenvalue weighted by Crippen LogP contribution is -2.31. The Labute approximate surface area is 97.7 Å². The third-order valence-electron chi connectivity index (χ3n) is 1.77. The molecule has 0 bridgehead atoms. The molecule has 0 saturated carbocycles. The minimum absolute atomic E-state index is 0.0327. The summed E-state index contributed by atoms with van der Waals surface area (Å²) in [7, 11) is 1.54. The van der Waals surface area contributed by atoms with Crippen molar-refractivity contribution < 1.29 is 13.9 Å². The Hall–Kier alpha value is -1.33. The van der Waals surface area contributed by atoms with Crippen molar-refractivity contribution in [2.45, 2.75) is 0 Å². The molecular weight excluding hydrogens is 235 g/mol. The van der Waals surface area contributed by atoms with Gasteiger partial charge in [0.05, 0.1) is 11.6 Å². The predicted molar refractivity (Wildman–Crippen MR) is 60.3 cm³/mol. The van der Waals surface area contributed by atoms with Crippen LogP contribution in [0.15, 0.2) is 18.2 Å². The Balaban J connectivity index is 2.46. The molecule has 4 nitrogen and oxygen atoms in total. The summed E-state index contributed by atoms with van der Waals surface area (Å²) in [6.07, 6.45) is 0. The largest absolute Gasteiger partial charge is 0.383 e. The van der Waals surface area contributed by atoms with Crippen molar-refractivity contribution in [2.24, 2.45) is 0 Å². The fourth-order valence-electron chi connectivity index (χ4n) is 1.02. The lowest BCUT2D eigenvalue weighted by atomic mass is 10.3. The summed E-state index contributed by atoms with van der Waals surface area (Å²) >= 11 is 5.56. The number of carbonyl (C=O) groups excluding carboxylic acids is 1. The standard InChI is InChI=1S/C10H12ClFN2O2/c1-16-5-4-13-10(15)14-7-2-3-9(12)8(11)6-7/h2-3,6H,4-5H2,1H3,(H2,13,14,15). The summed E-state index contributed by atoms with van der Waals surface area (Å²) < 4.78 is 17.6. The number of anilines is 1. The summed E-state index contributed by atoms with van der Waals surface area (Å²) in [5.74, 6) is -0.521. The minimum atomic E-state index is -0.521. The smallest absolute Gasteiger partial charge is 0.319 e. The molecule has 0 aliphatic rings. The number of halogens is 2. The number of hydrogen-bond donors (Lipinski definition) is 2. The quantitative estimate of drug-likeness (QED) is 0.801. The van der Waals surface area contributed by atoms with E-state index in [0.29, 0.717) is 18.8 Å². The summed E-state index contributed by atoms with van der Waals surface area (Å²) in [6, 6.07) is 3.57. The SMILES string of the molecule is COCCNC(=O)Nc1ccc(F)c(Cl)c1. The van der Waals surface area contributed by atoms with E-state index in [1.54, 1.807) is 7.11 Å². The first-order valence-corrected chi connectivity index (χ1v) is 5.00. The number of amides is 2. The second-order valence-corrected chi connectivity index (χ2v) is 3.41. The zero-order chi connectivity index (χ0) is 12.0. The molecule has 0 saturated heterocycles.